The van der Waals surface area contributed by atoms with E-state index in [0.29, 0.717) is 0 Å². The first-order chi connectivity index (χ1) is 6.47. The molecule has 0 aliphatic heterocycles. The first kappa shape index (κ1) is 10.3. The van der Waals surface area contributed by atoms with Crippen LogP contribution in [0.25, 0.3) is 0 Å². The Hall–Kier alpha value is -1.77. The second-order valence-electron chi connectivity index (χ2n) is 2.33. The summed E-state index contributed by atoms with van der Waals surface area (Å²) in [4.78, 5) is 10.5. The normalized spacial score (nSPS) is 10.9. The Balaban J connectivity index is 2.98. The maximum atomic E-state index is 11.4. The zero-order chi connectivity index (χ0) is 10.8. The Labute approximate surface area is 79.9 Å². The van der Waals surface area contributed by atoms with Crippen LogP contribution in [0.15, 0.2) is 11.1 Å². The highest BCUT2D eigenvalue weighted by atomic mass is 32.2. The molecule has 2 amide bonds. The third-order valence-corrected chi connectivity index (χ3v) is 2.73. The summed E-state index contributed by atoms with van der Waals surface area (Å²) >= 11 is 0. The van der Waals surface area contributed by atoms with Crippen molar-refractivity contribution in [3.05, 3.63) is 6.20 Å². The van der Waals surface area contributed by atoms with Gasteiger partial charge in [0, 0.05) is 7.05 Å². The lowest BCUT2D eigenvalue weighted by Crippen LogP contribution is -2.37. The Bertz CT molecular complexity index is 436. The molecule has 14 heavy (non-hydrogen) atoms. The van der Waals surface area contributed by atoms with Crippen LogP contribution in [0.1, 0.15) is 0 Å². The van der Waals surface area contributed by atoms with Gasteiger partial charge in [-0.1, -0.05) is 0 Å². The van der Waals surface area contributed by atoms with Crippen molar-refractivity contribution >= 4 is 21.9 Å². The monoisotopic (exact) mass is 219 g/mol. The van der Waals surface area contributed by atoms with Crippen molar-refractivity contribution in [3.8, 4) is 0 Å². The Morgan fingerprint density at radius 3 is 2.71 bits per heavy atom. The summed E-state index contributed by atoms with van der Waals surface area (Å²) in [6.45, 7) is 0. The number of hydrogen-bond acceptors (Lipinski definition) is 5. The number of hydrogen-bond donors (Lipinski definition) is 4. The van der Waals surface area contributed by atoms with Crippen LogP contribution in [0.2, 0.25) is 0 Å². The summed E-state index contributed by atoms with van der Waals surface area (Å²) in [6, 6.07) is -0.842. The number of urea groups is 1. The molecule has 0 aliphatic rings. The molecule has 9 heteroatoms. The third-order valence-electron chi connectivity index (χ3n) is 1.38. The van der Waals surface area contributed by atoms with Gasteiger partial charge < -0.3 is 11.1 Å². The average Bonchev–Trinajstić information content (AvgIpc) is 2.51. The van der Waals surface area contributed by atoms with E-state index < -0.39 is 16.1 Å². The molecule has 0 aromatic carbocycles. The lowest BCUT2D eigenvalue weighted by molar-refractivity contribution is 0.248. The van der Waals surface area contributed by atoms with E-state index >= 15 is 0 Å². The summed E-state index contributed by atoms with van der Waals surface area (Å²) < 4.78 is 24.5. The van der Waals surface area contributed by atoms with Gasteiger partial charge in [-0.25, -0.2) is 17.9 Å². The van der Waals surface area contributed by atoms with E-state index in [1.807, 2.05) is 0 Å². The minimum Gasteiger partial charge on any atom is -0.383 e. The number of nitrogens with zero attached hydrogens (tertiary/aromatic N) is 1. The van der Waals surface area contributed by atoms with Gasteiger partial charge in [0.1, 0.15) is 10.7 Å². The molecule has 0 spiro atoms. The smallest absolute Gasteiger partial charge is 0.328 e. The summed E-state index contributed by atoms with van der Waals surface area (Å²) in [5.74, 6) is -0.124. The third kappa shape index (κ3) is 1.93. The van der Waals surface area contributed by atoms with Crippen LogP contribution in [0.3, 0.4) is 0 Å². The van der Waals surface area contributed by atoms with Crippen LogP contribution < -0.4 is 15.8 Å². The highest BCUT2D eigenvalue weighted by molar-refractivity contribution is 7.90. The number of H-pyrrole nitrogens is 1. The molecule has 0 unspecified atom stereocenters. The summed E-state index contributed by atoms with van der Waals surface area (Å²) in [5.41, 5.74) is 5.27. The average molecular weight is 219 g/mol. The fraction of sp³-hybridized carbons (Fsp3) is 0.200. The quantitative estimate of drug-likeness (QED) is 0.486. The van der Waals surface area contributed by atoms with Gasteiger partial charge in [0.15, 0.2) is 0 Å². The molecule has 0 bridgehead atoms. The lowest BCUT2D eigenvalue weighted by atomic mass is 10.7. The lowest BCUT2D eigenvalue weighted by Gasteiger charge is -2.03. The summed E-state index contributed by atoms with van der Waals surface area (Å²) in [6.07, 6.45) is 1.01. The number of nitrogen functional groups attached to an aromatic ring is 1. The number of aromatic nitrogens is 2. The van der Waals surface area contributed by atoms with E-state index in [1.165, 1.54) is 7.05 Å². The van der Waals surface area contributed by atoms with Crippen molar-refractivity contribution in [3.63, 3.8) is 0 Å². The van der Waals surface area contributed by atoms with E-state index in [4.69, 9.17) is 5.73 Å². The van der Waals surface area contributed by atoms with Crippen molar-refractivity contribution in [2.75, 3.05) is 12.8 Å². The van der Waals surface area contributed by atoms with Crippen LogP contribution in [0, 0.1) is 0 Å². The maximum absolute atomic E-state index is 11.4. The van der Waals surface area contributed by atoms with E-state index in [9.17, 15) is 13.2 Å². The van der Waals surface area contributed by atoms with Gasteiger partial charge >= 0.3 is 6.03 Å². The number of carbonyl (C=O) groups excluding carboxylic acids is 1. The standard InChI is InChI=1S/C5H9N5O3S/c1-7-5(11)10-14(12,13)3-2-8-9-4(3)6/h2H,1H3,(H3,6,8,9)(H2,7,10,11). The number of rotatable bonds is 2. The number of anilines is 1. The minimum atomic E-state index is -3.94. The van der Waals surface area contributed by atoms with Gasteiger partial charge in [-0.05, 0) is 0 Å². The van der Waals surface area contributed by atoms with Crippen molar-refractivity contribution in [2.45, 2.75) is 4.90 Å². The molecule has 1 aromatic heterocycles. The highest BCUT2D eigenvalue weighted by Crippen LogP contribution is 2.12. The molecule has 1 aromatic rings. The molecule has 0 radical (unpaired) electrons. The second kappa shape index (κ2) is 3.54. The molecule has 0 saturated heterocycles. The van der Waals surface area contributed by atoms with Gasteiger partial charge in [0.05, 0.1) is 6.20 Å². The van der Waals surface area contributed by atoms with Gasteiger partial charge in [0.25, 0.3) is 10.0 Å². The van der Waals surface area contributed by atoms with Crippen molar-refractivity contribution in [1.29, 1.82) is 0 Å². The number of aromatic amines is 1. The van der Waals surface area contributed by atoms with E-state index in [1.54, 1.807) is 4.72 Å². The molecule has 0 aliphatic carbocycles. The van der Waals surface area contributed by atoms with Gasteiger partial charge in [-0.2, -0.15) is 5.10 Å². The van der Waals surface area contributed by atoms with Crippen LogP contribution in [-0.4, -0.2) is 31.7 Å². The maximum Gasteiger partial charge on any atom is 0.328 e. The van der Waals surface area contributed by atoms with Crippen molar-refractivity contribution in [1.82, 2.24) is 20.2 Å². The van der Waals surface area contributed by atoms with Crippen LogP contribution in [0.5, 0.6) is 0 Å². The summed E-state index contributed by atoms with van der Waals surface area (Å²) in [7, 11) is -2.64. The Morgan fingerprint density at radius 1 is 1.64 bits per heavy atom. The molecular weight excluding hydrogens is 210 g/mol. The highest BCUT2D eigenvalue weighted by Gasteiger charge is 2.21. The number of carbonyl (C=O) groups is 1. The molecule has 5 N–H and O–H groups in total. The molecule has 78 valence electrons. The molecule has 0 fully saturated rings. The number of amides is 2. The zero-order valence-corrected chi connectivity index (χ0v) is 8.05. The number of nitrogens with two attached hydrogens (primary N) is 1. The van der Waals surface area contributed by atoms with Gasteiger partial charge in [-0.3, -0.25) is 5.10 Å². The molecule has 0 atom stereocenters. The first-order valence-electron chi connectivity index (χ1n) is 3.50. The molecule has 1 rings (SSSR count). The van der Waals surface area contributed by atoms with E-state index in [-0.39, 0.29) is 10.7 Å². The van der Waals surface area contributed by atoms with Crippen LogP contribution in [-0.2, 0) is 10.0 Å². The van der Waals surface area contributed by atoms with E-state index in [2.05, 4.69) is 15.5 Å². The zero-order valence-electron chi connectivity index (χ0n) is 7.23. The first-order valence-corrected chi connectivity index (χ1v) is 4.99. The Kier molecular flexibility index (Phi) is 2.60. The predicted molar refractivity (Wildman–Crippen MR) is 47.8 cm³/mol. The molecule has 8 nitrogen and oxygen atoms in total. The van der Waals surface area contributed by atoms with Crippen LogP contribution >= 0.6 is 0 Å². The largest absolute Gasteiger partial charge is 0.383 e. The van der Waals surface area contributed by atoms with Gasteiger partial charge in [-0.15, -0.1) is 0 Å². The van der Waals surface area contributed by atoms with E-state index in [0.717, 1.165) is 6.20 Å². The molecule has 0 saturated carbocycles. The fourth-order valence-electron chi connectivity index (χ4n) is 0.727. The minimum absolute atomic E-state index is 0.124. The summed E-state index contributed by atoms with van der Waals surface area (Å²) in [5, 5.41) is 7.76. The fourth-order valence-corrected chi connectivity index (χ4v) is 1.71. The predicted octanol–water partition coefficient (Wildman–Crippen LogP) is -1.39. The molecule has 1 heterocycles. The number of sulfonamides is 1. The van der Waals surface area contributed by atoms with Crippen molar-refractivity contribution in [2.24, 2.45) is 0 Å². The van der Waals surface area contributed by atoms with Crippen LogP contribution in [0.4, 0.5) is 10.6 Å². The number of nitrogens with one attached hydrogen (secondary N) is 3. The second-order valence-corrected chi connectivity index (χ2v) is 3.98. The molecular formula is C5H9N5O3S. The van der Waals surface area contributed by atoms with Crippen molar-refractivity contribution < 1.29 is 13.2 Å². The Morgan fingerprint density at radius 2 is 2.29 bits per heavy atom. The van der Waals surface area contributed by atoms with Gasteiger partial charge in [0.2, 0.25) is 0 Å². The topological polar surface area (TPSA) is 130 Å². The SMILES string of the molecule is CNC(=O)NS(=O)(=O)c1cn[nH]c1N.